The molecule has 9 rings (SSSR count). The van der Waals surface area contributed by atoms with E-state index in [2.05, 4.69) is 312 Å². The third-order valence-corrected chi connectivity index (χ3v) is 14.2. The first-order chi connectivity index (χ1) is 52.9. The highest BCUT2D eigenvalue weighted by Crippen LogP contribution is 2.26. The number of amidine groups is 1. The number of thiazole rings is 1. The van der Waals surface area contributed by atoms with Crippen molar-refractivity contribution in [1.82, 2.24) is 60.5 Å². The zero-order chi connectivity index (χ0) is 92.5. The Bertz CT molecular complexity index is 2830. The lowest BCUT2D eigenvalue weighted by Gasteiger charge is -2.18. The summed E-state index contributed by atoms with van der Waals surface area (Å²) in [5.41, 5.74) is 9.12. The SMILES string of the molecule is CC.CC.CC.CC.CC.CC.CC.CC.CC.CC.CC(C)(C)C(=N)N=NN.CC(C)(C)c1ccccc1.CC(C)(C)c1ccccn1.CC(C)(C)c1cccnc1.CC(C)(C)c1ccn[nH]1.CC(C)(C)c1ccncc1.CC(C)(C)c1cn[nH]c1.CC(C)(C)c1ncco1.CC(C)(C)c1nccs1.CC(C)(C)c1ncn[nH]1. The van der Waals surface area contributed by atoms with Crippen molar-refractivity contribution in [3.8, 4) is 0 Å². The smallest absolute Gasteiger partial charge is 0.199 e. The van der Waals surface area contributed by atoms with E-state index in [9.17, 15) is 0 Å². The minimum absolute atomic E-state index is 0.0451. The molecule has 0 aliphatic carbocycles. The number of rotatable bonds is 0. The van der Waals surface area contributed by atoms with E-state index in [1.807, 2.05) is 232 Å². The molecular formula is C96H182N16OS. The minimum Gasteiger partial charge on any atom is -0.448 e. The lowest BCUT2D eigenvalue weighted by Crippen LogP contribution is -2.16. The van der Waals surface area contributed by atoms with E-state index in [1.54, 1.807) is 36.2 Å². The Hall–Kier alpha value is -7.86. The van der Waals surface area contributed by atoms with Gasteiger partial charge in [0.1, 0.15) is 18.4 Å². The number of nitrogens with one attached hydrogen (secondary N) is 4. The lowest BCUT2D eigenvalue weighted by atomic mass is 9.87. The van der Waals surface area contributed by atoms with Gasteiger partial charge in [0.05, 0.1) is 17.4 Å². The van der Waals surface area contributed by atoms with Gasteiger partial charge in [-0.05, 0) is 80.3 Å². The molecule has 0 saturated carbocycles. The second-order valence-corrected chi connectivity index (χ2v) is 33.5. The Morgan fingerprint density at radius 3 is 1.03 bits per heavy atom. The van der Waals surface area contributed by atoms with Gasteiger partial charge in [-0.25, -0.2) is 15.0 Å². The summed E-state index contributed by atoms with van der Waals surface area (Å²) < 4.78 is 5.09. The Morgan fingerprint density at radius 1 is 0.368 bits per heavy atom. The quantitative estimate of drug-likeness (QED) is 0.0314. The highest BCUT2D eigenvalue weighted by molar-refractivity contribution is 7.09. The van der Waals surface area contributed by atoms with Gasteiger partial charge >= 0.3 is 0 Å². The van der Waals surface area contributed by atoms with Crippen LogP contribution in [-0.2, 0) is 48.7 Å². The zero-order valence-corrected chi connectivity index (χ0v) is 84.1. The van der Waals surface area contributed by atoms with Gasteiger partial charge < -0.3 is 10.3 Å². The van der Waals surface area contributed by atoms with Crippen molar-refractivity contribution in [2.45, 2.75) is 395 Å². The number of nitrogens with zero attached hydrogens (tertiary/aromatic N) is 11. The summed E-state index contributed by atoms with van der Waals surface area (Å²) in [6.45, 7) is 104. The number of benzene rings is 1. The van der Waals surface area contributed by atoms with E-state index in [0.717, 1.165) is 17.4 Å². The van der Waals surface area contributed by atoms with Crippen LogP contribution in [0.5, 0.6) is 0 Å². The van der Waals surface area contributed by atoms with Gasteiger partial charge in [-0.15, -0.1) is 16.5 Å². The van der Waals surface area contributed by atoms with Crippen LogP contribution >= 0.6 is 11.3 Å². The monoisotopic (exact) mass is 1610 g/mol. The number of aromatic amines is 3. The number of hydrogen-bond donors (Lipinski definition) is 5. The zero-order valence-electron chi connectivity index (χ0n) is 83.3. The molecule has 6 N–H and O–H groups in total. The van der Waals surface area contributed by atoms with Gasteiger partial charge in [0.25, 0.3) is 0 Å². The second kappa shape index (κ2) is 74.0. The van der Waals surface area contributed by atoms with Crippen molar-refractivity contribution in [3.63, 3.8) is 0 Å². The topological polar surface area (TPSA) is 251 Å². The van der Waals surface area contributed by atoms with Crippen molar-refractivity contribution >= 4 is 17.2 Å². The predicted molar refractivity (Wildman–Crippen MR) is 509 cm³/mol. The first-order valence-corrected chi connectivity index (χ1v) is 42.9. The third kappa shape index (κ3) is 74.3. The van der Waals surface area contributed by atoms with Crippen LogP contribution in [0.4, 0.5) is 0 Å². The number of oxazole rings is 1. The summed E-state index contributed by atoms with van der Waals surface area (Å²) in [6, 6.07) is 26.8. The van der Waals surface area contributed by atoms with Gasteiger partial charge in [-0.3, -0.25) is 35.7 Å². The molecule has 0 bridgehead atoms. The first-order valence-electron chi connectivity index (χ1n) is 42.1. The number of pyridine rings is 3. The molecule has 0 aliphatic rings. The van der Waals surface area contributed by atoms with Crippen molar-refractivity contribution in [3.05, 3.63) is 209 Å². The van der Waals surface area contributed by atoms with Crippen LogP contribution in [0.15, 0.2) is 174 Å². The fourth-order valence-corrected chi connectivity index (χ4v) is 7.43. The average Bonchev–Trinajstić information content (AvgIpc) is 1.26. The summed E-state index contributed by atoms with van der Waals surface area (Å²) >= 11 is 1.72. The summed E-state index contributed by atoms with van der Waals surface area (Å²) in [6.07, 6.45) is 21.4. The molecule has 8 heterocycles. The standard InChI is InChI=1S/C10H14.3C9H13N.2C7H12N2.C7H11NO.C7H11NS.C6H11N3.C5H12N4.10C2H6/c1-10(2,3)9-7-5-4-6-8-9;1-9(2,3)8-4-6-10-7-5-8;1-9(2,3)8-5-4-6-10-7-8;1-9(2,3)8-6-4-5-7-10-8;1-7(2,3)6-4-8-9-5-6;1-7(2,3)6-4-5-8-9-6;2*1-7(2,3)6-8-4-5-9-6;1-6(2,3)5-7-4-8-9-5;1-5(2,3)4(6)8-9-7;10*1-2/h4-8H,1-3H3;3*4-7H,1-3H3;2*4-5H,1-3H3,(H,8,9);2*4-5H,1-3H3;4H,1-3H3,(H,7,8,9);1-3H3,(H3,6,7,8);10*1-2H3. The molecule has 114 heavy (non-hydrogen) atoms. The fraction of sp³-hybridized carbons (Fsp3) is 0.625. The molecule has 1 aromatic carbocycles. The maximum Gasteiger partial charge on any atom is 0.199 e. The van der Waals surface area contributed by atoms with E-state index < -0.39 is 0 Å². The van der Waals surface area contributed by atoms with E-state index in [1.165, 1.54) is 39.3 Å². The molecule has 0 atom stereocenters. The summed E-state index contributed by atoms with van der Waals surface area (Å²) in [5, 5.41) is 36.8. The lowest BCUT2D eigenvalue weighted by molar-refractivity contribution is 0.392. The molecule has 0 fully saturated rings. The van der Waals surface area contributed by atoms with E-state index in [-0.39, 0.29) is 54.6 Å². The van der Waals surface area contributed by atoms with E-state index >= 15 is 0 Å². The molecular weight excluding hydrogens is 1430 g/mol. The normalized spacial score (nSPS) is 10.2. The van der Waals surface area contributed by atoms with Crippen LogP contribution in [0.3, 0.4) is 0 Å². The second-order valence-electron chi connectivity index (χ2n) is 32.6. The summed E-state index contributed by atoms with van der Waals surface area (Å²) in [7, 11) is 0. The summed E-state index contributed by atoms with van der Waals surface area (Å²) in [5.74, 6) is 6.67. The van der Waals surface area contributed by atoms with Crippen molar-refractivity contribution in [1.29, 1.82) is 5.41 Å². The Kier molecular flexibility index (Phi) is 84.1. The number of aromatic nitrogens is 12. The van der Waals surface area contributed by atoms with Crippen molar-refractivity contribution in [2.24, 2.45) is 21.6 Å². The van der Waals surface area contributed by atoms with Crippen molar-refractivity contribution in [2.75, 3.05) is 0 Å². The molecule has 0 amide bonds. The van der Waals surface area contributed by atoms with Gasteiger partial charge in [-0.2, -0.15) is 15.3 Å². The summed E-state index contributed by atoms with van der Waals surface area (Å²) in [4.78, 5) is 24.5. The maximum atomic E-state index is 7.20. The van der Waals surface area contributed by atoms with E-state index in [0.29, 0.717) is 5.41 Å². The van der Waals surface area contributed by atoms with Gasteiger partial charge in [0, 0.05) is 98.8 Å². The van der Waals surface area contributed by atoms with Crippen LogP contribution in [0.1, 0.15) is 397 Å². The average molecular weight is 1610 g/mol. The van der Waals surface area contributed by atoms with Gasteiger partial charge in [0.15, 0.2) is 11.7 Å². The highest BCUT2D eigenvalue weighted by atomic mass is 32.1. The Labute approximate surface area is 709 Å². The maximum absolute atomic E-state index is 7.20. The molecule has 0 spiro atoms. The van der Waals surface area contributed by atoms with Gasteiger partial charge in [0.2, 0.25) is 0 Å². The highest BCUT2D eigenvalue weighted by Gasteiger charge is 2.21. The van der Waals surface area contributed by atoms with E-state index in [4.69, 9.17) is 15.7 Å². The molecule has 17 nitrogen and oxygen atoms in total. The Morgan fingerprint density at radius 2 is 0.825 bits per heavy atom. The molecule has 658 valence electrons. The first kappa shape index (κ1) is 130. The molecule has 9 aromatic rings. The molecule has 0 unspecified atom stereocenters. The fourth-order valence-electron chi connectivity index (χ4n) is 6.70. The molecule has 0 aliphatic heterocycles. The largest absolute Gasteiger partial charge is 0.448 e. The van der Waals surface area contributed by atoms with Crippen molar-refractivity contribution < 1.29 is 4.42 Å². The number of hydrogen-bond acceptors (Lipinski definition) is 13. The van der Waals surface area contributed by atoms with Crippen LogP contribution in [0.2, 0.25) is 0 Å². The molecule has 0 saturated heterocycles. The number of H-pyrrole nitrogens is 3. The van der Waals surface area contributed by atoms with Gasteiger partial charge in [-0.1, -0.05) is 394 Å². The van der Waals surface area contributed by atoms with Crippen LogP contribution in [0.25, 0.3) is 0 Å². The van der Waals surface area contributed by atoms with Crippen LogP contribution in [-0.4, -0.2) is 66.3 Å². The number of nitrogens with two attached hydrogens (primary N) is 1. The molecule has 0 radical (unpaired) electrons. The Balaban J connectivity index is -0.000000112. The molecule has 8 aromatic heterocycles. The van der Waals surface area contributed by atoms with Crippen LogP contribution in [0, 0.1) is 10.8 Å². The minimum atomic E-state index is -0.247. The molecule has 18 heteroatoms. The third-order valence-electron chi connectivity index (χ3n) is 13.0. The predicted octanol–water partition coefficient (Wildman–Crippen LogP) is 30.6. The van der Waals surface area contributed by atoms with Crippen LogP contribution < -0.4 is 5.84 Å².